The zero-order valence-electron chi connectivity index (χ0n) is 16.5. The number of benzene rings is 2. The van der Waals surface area contributed by atoms with E-state index in [1.165, 1.54) is 42.3 Å². The lowest BCUT2D eigenvalue weighted by Crippen LogP contribution is -2.47. The number of likely N-dealkylation sites (tertiary alicyclic amines) is 1. The Bertz CT molecular complexity index is 1010. The largest absolute Gasteiger partial charge is 0.469 e. The average Bonchev–Trinajstić information content (AvgIpc) is 2.78. The van der Waals surface area contributed by atoms with Gasteiger partial charge in [0, 0.05) is 13.1 Å². The third-order valence-corrected chi connectivity index (χ3v) is 6.89. The number of piperidine rings is 1. The Balaban J connectivity index is 1.85. The fraction of sp³-hybridized carbons (Fsp3) is 0.333. The summed E-state index contributed by atoms with van der Waals surface area (Å²) in [5.74, 6) is -1.80. The van der Waals surface area contributed by atoms with Gasteiger partial charge in [-0.2, -0.15) is 0 Å². The van der Waals surface area contributed by atoms with Gasteiger partial charge in [-0.3, -0.25) is 13.9 Å². The Labute approximate surface area is 175 Å². The first-order valence-electron chi connectivity index (χ1n) is 9.52. The van der Waals surface area contributed by atoms with E-state index >= 15 is 0 Å². The van der Waals surface area contributed by atoms with Crippen molar-refractivity contribution in [3.05, 3.63) is 60.4 Å². The van der Waals surface area contributed by atoms with E-state index in [4.69, 9.17) is 4.74 Å². The molecule has 1 saturated heterocycles. The molecule has 30 heavy (non-hydrogen) atoms. The Morgan fingerprint density at radius 2 is 1.67 bits per heavy atom. The monoisotopic (exact) mass is 434 g/mol. The second-order valence-corrected chi connectivity index (χ2v) is 8.82. The number of para-hydroxylation sites is 1. The van der Waals surface area contributed by atoms with Crippen LogP contribution in [0, 0.1) is 11.7 Å². The minimum absolute atomic E-state index is 0.0366. The number of esters is 1. The highest BCUT2D eigenvalue weighted by Gasteiger charge is 2.33. The van der Waals surface area contributed by atoms with Crippen LogP contribution in [-0.2, 0) is 24.3 Å². The number of hydrogen-bond donors (Lipinski definition) is 0. The highest BCUT2D eigenvalue weighted by atomic mass is 32.2. The number of carbonyl (C=O) groups excluding carboxylic acids is 2. The number of nitrogens with zero attached hydrogens (tertiary/aromatic N) is 2. The predicted molar refractivity (Wildman–Crippen MR) is 109 cm³/mol. The van der Waals surface area contributed by atoms with Gasteiger partial charge in [0.1, 0.15) is 12.4 Å². The number of methoxy groups -OCH3 is 1. The van der Waals surface area contributed by atoms with Gasteiger partial charge in [0.25, 0.3) is 10.0 Å². The predicted octanol–water partition coefficient (Wildman–Crippen LogP) is 2.43. The summed E-state index contributed by atoms with van der Waals surface area (Å²) in [6, 6.07) is 13.0. The maximum Gasteiger partial charge on any atom is 0.308 e. The summed E-state index contributed by atoms with van der Waals surface area (Å²) >= 11 is 0. The quantitative estimate of drug-likeness (QED) is 0.652. The zero-order valence-corrected chi connectivity index (χ0v) is 17.3. The normalized spacial score (nSPS) is 14.9. The van der Waals surface area contributed by atoms with E-state index in [9.17, 15) is 22.4 Å². The fourth-order valence-corrected chi connectivity index (χ4v) is 4.87. The summed E-state index contributed by atoms with van der Waals surface area (Å²) in [7, 11) is -2.85. The van der Waals surface area contributed by atoms with Gasteiger partial charge < -0.3 is 9.64 Å². The Morgan fingerprint density at radius 3 is 2.27 bits per heavy atom. The summed E-state index contributed by atoms with van der Waals surface area (Å²) in [6.07, 6.45) is 0.868. The molecule has 7 nitrogen and oxygen atoms in total. The van der Waals surface area contributed by atoms with Crippen LogP contribution in [0.5, 0.6) is 0 Å². The first-order chi connectivity index (χ1) is 14.3. The second-order valence-electron chi connectivity index (χ2n) is 6.95. The maximum absolute atomic E-state index is 14.5. The van der Waals surface area contributed by atoms with Gasteiger partial charge in [0.2, 0.25) is 5.91 Å². The zero-order chi connectivity index (χ0) is 21.7. The Hall–Kier alpha value is -2.94. The lowest BCUT2D eigenvalue weighted by molar-refractivity contribution is -0.148. The summed E-state index contributed by atoms with van der Waals surface area (Å²) in [6.45, 7) is 0.0608. The molecule has 3 rings (SSSR count). The molecule has 1 aliphatic heterocycles. The summed E-state index contributed by atoms with van der Waals surface area (Å²) in [5.41, 5.74) is -0.195. The molecular formula is C21H23FN2O5S. The molecule has 1 amide bonds. The van der Waals surface area contributed by atoms with Crippen molar-refractivity contribution in [2.75, 3.05) is 31.0 Å². The third-order valence-electron chi connectivity index (χ3n) is 5.11. The molecule has 0 atom stereocenters. The van der Waals surface area contributed by atoms with Crippen molar-refractivity contribution in [1.82, 2.24) is 4.90 Å². The molecule has 1 fully saturated rings. The second kappa shape index (κ2) is 9.25. The number of rotatable bonds is 6. The molecule has 0 N–H and O–H groups in total. The van der Waals surface area contributed by atoms with Gasteiger partial charge in [-0.1, -0.05) is 30.3 Å². The van der Waals surface area contributed by atoms with Crippen LogP contribution in [0.25, 0.3) is 0 Å². The van der Waals surface area contributed by atoms with Crippen molar-refractivity contribution in [2.45, 2.75) is 17.7 Å². The van der Waals surface area contributed by atoms with Crippen molar-refractivity contribution in [2.24, 2.45) is 5.92 Å². The van der Waals surface area contributed by atoms with Crippen LogP contribution in [0.3, 0.4) is 0 Å². The van der Waals surface area contributed by atoms with Crippen molar-refractivity contribution in [3.8, 4) is 0 Å². The minimum atomic E-state index is -4.17. The Kier molecular flexibility index (Phi) is 6.71. The number of ether oxygens (including phenoxy) is 1. The van der Waals surface area contributed by atoms with Crippen LogP contribution in [-0.4, -0.2) is 51.9 Å². The highest BCUT2D eigenvalue weighted by Crippen LogP contribution is 2.27. The molecular weight excluding hydrogens is 411 g/mol. The van der Waals surface area contributed by atoms with E-state index in [1.807, 2.05) is 0 Å². The number of sulfonamides is 1. The summed E-state index contributed by atoms with van der Waals surface area (Å²) in [4.78, 5) is 26.0. The van der Waals surface area contributed by atoms with E-state index in [0.717, 1.165) is 10.4 Å². The van der Waals surface area contributed by atoms with Crippen molar-refractivity contribution in [1.29, 1.82) is 0 Å². The van der Waals surface area contributed by atoms with Gasteiger partial charge in [0.05, 0.1) is 23.6 Å². The number of anilines is 1. The van der Waals surface area contributed by atoms with Crippen LogP contribution in [0.1, 0.15) is 12.8 Å². The van der Waals surface area contributed by atoms with Gasteiger partial charge in [-0.25, -0.2) is 12.8 Å². The smallest absolute Gasteiger partial charge is 0.308 e. The number of halogens is 1. The number of amides is 1. The molecule has 0 aromatic heterocycles. The lowest BCUT2D eigenvalue weighted by Gasteiger charge is -2.33. The topological polar surface area (TPSA) is 84.0 Å². The molecule has 0 saturated carbocycles. The molecule has 160 valence electrons. The molecule has 2 aromatic rings. The third kappa shape index (κ3) is 4.62. The average molecular weight is 434 g/mol. The maximum atomic E-state index is 14.5. The Morgan fingerprint density at radius 1 is 1.07 bits per heavy atom. The molecule has 0 spiro atoms. The number of carbonyl (C=O) groups is 2. The standard InChI is InChI=1S/C21H23FN2O5S/c1-29-21(26)16-11-13-23(14-12-16)20(25)15-24(19-10-6-5-9-18(19)22)30(27,28)17-7-3-2-4-8-17/h2-10,16H,11-15H2,1H3. The number of hydrogen-bond acceptors (Lipinski definition) is 5. The van der Waals surface area contributed by atoms with E-state index < -0.39 is 28.3 Å². The molecule has 1 heterocycles. The fourth-order valence-electron chi connectivity index (χ4n) is 3.43. The van der Waals surface area contributed by atoms with Gasteiger partial charge in [-0.05, 0) is 37.1 Å². The molecule has 2 aromatic carbocycles. The van der Waals surface area contributed by atoms with Crippen LogP contribution < -0.4 is 4.31 Å². The molecule has 0 aliphatic carbocycles. The highest BCUT2D eigenvalue weighted by molar-refractivity contribution is 7.92. The van der Waals surface area contributed by atoms with Crippen molar-refractivity contribution in [3.63, 3.8) is 0 Å². The molecule has 0 radical (unpaired) electrons. The van der Waals surface area contributed by atoms with Gasteiger partial charge in [0.15, 0.2) is 0 Å². The summed E-state index contributed by atoms with van der Waals surface area (Å²) in [5, 5.41) is 0. The van der Waals surface area contributed by atoms with E-state index in [-0.39, 0.29) is 22.5 Å². The first-order valence-corrected chi connectivity index (χ1v) is 11.0. The van der Waals surface area contributed by atoms with Crippen LogP contribution in [0.4, 0.5) is 10.1 Å². The van der Waals surface area contributed by atoms with E-state index in [1.54, 1.807) is 18.2 Å². The van der Waals surface area contributed by atoms with Gasteiger partial charge in [-0.15, -0.1) is 0 Å². The summed E-state index contributed by atoms with van der Waals surface area (Å²) < 4.78 is 46.4. The van der Waals surface area contributed by atoms with Crippen LogP contribution >= 0.6 is 0 Å². The van der Waals surface area contributed by atoms with Crippen molar-refractivity contribution >= 4 is 27.6 Å². The molecule has 9 heteroatoms. The SMILES string of the molecule is COC(=O)C1CCN(C(=O)CN(c2ccccc2F)S(=O)(=O)c2ccccc2)CC1. The first kappa shape index (κ1) is 21.8. The van der Waals surface area contributed by atoms with Crippen LogP contribution in [0.2, 0.25) is 0 Å². The van der Waals surface area contributed by atoms with Gasteiger partial charge >= 0.3 is 5.97 Å². The van der Waals surface area contributed by atoms with E-state index in [2.05, 4.69) is 0 Å². The van der Waals surface area contributed by atoms with Crippen molar-refractivity contribution < 1.29 is 27.1 Å². The molecule has 0 unspecified atom stereocenters. The minimum Gasteiger partial charge on any atom is -0.469 e. The molecule has 1 aliphatic rings. The van der Waals surface area contributed by atoms with E-state index in [0.29, 0.717) is 25.9 Å². The lowest BCUT2D eigenvalue weighted by atomic mass is 9.97. The molecule has 0 bridgehead atoms. The van der Waals surface area contributed by atoms with Crippen LogP contribution in [0.15, 0.2) is 59.5 Å².